The molecular formula is C24H17BrFN3O2. The van der Waals surface area contributed by atoms with Gasteiger partial charge in [0.25, 0.3) is 0 Å². The minimum atomic E-state index is -0.305. The summed E-state index contributed by atoms with van der Waals surface area (Å²) in [7, 11) is 1.60. The molecule has 0 amide bonds. The molecule has 154 valence electrons. The number of allylic oxidation sites excluding steroid dienone is 1. The molecule has 4 rings (SSSR count). The van der Waals surface area contributed by atoms with Crippen molar-refractivity contribution in [2.45, 2.75) is 6.61 Å². The molecule has 0 bridgehead atoms. The lowest BCUT2D eigenvalue weighted by atomic mass is 10.1. The maximum Gasteiger partial charge on any atom is 0.149 e. The Hall–Kier alpha value is -3.63. The van der Waals surface area contributed by atoms with Crippen LogP contribution in [0.3, 0.4) is 0 Å². The number of halogens is 2. The first-order chi connectivity index (χ1) is 15.1. The summed E-state index contributed by atoms with van der Waals surface area (Å²) in [5, 5.41) is 9.65. The minimum Gasteiger partial charge on any atom is -0.497 e. The Bertz CT molecular complexity index is 1320. The summed E-state index contributed by atoms with van der Waals surface area (Å²) in [6.07, 6.45) is 1.74. The molecule has 0 unspecified atom stereocenters. The maximum atomic E-state index is 13.8. The van der Waals surface area contributed by atoms with Crippen molar-refractivity contribution in [3.63, 3.8) is 0 Å². The Balaban J connectivity index is 1.56. The number of benzene rings is 3. The quantitative estimate of drug-likeness (QED) is 0.339. The van der Waals surface area contributed by atoms with Gasteiger partial charge < -0.3 is 14.5 Å². The predicted molar refractivity (Wildman–Crippen MR) is 121 cm³/mol. The summed E-state index contributed by atoms with van der Waals surface area (Å²) in [5.41, 5.74) is 3.19. The van der Waals surface area contributed by atoms with Gasteiger partial charge in [-0.3, -0.25) is 0 Å². The van der Waals surface area contributed by atoms with Crippen molar-refractivity contribution in [1.29, 1.82) is 5.26 Å². The number of hydrogen-bond donors (Lipinski definition) is 1. The molecule has 0 aliphatic carbocycles. The molecule has 1 heterocycles. The van der Waals surface area contributed by atoms with Crippen LogP contribution in [-0.4, -0.2) is 17.1 Å². The Morgan fingerprint density at radius 1 is 1.19 bits per heavy atom. The van der Waals surface area contributed by atoms with Gasteiger partial charge in [0.05, 0.1) is 28.2 Å². The van der Waals surface area contributed by atoms with Gasteiger partial charge in [0, 0.05) is 11.6 Å². The van der Waals surface area contributed by atoms with E-state index in [0.29, 0.717) is 32.9 Å². The highest BCUT2D eigenvalue weighted by molar-refractivity contribution is 9.10. The van der Waals surface area contributed by atoms with Gasteiger partial charge >= 0.3 is 0 Å². The van der Waals surface area contributed by atoms with E-state index in [1.165, 1.54) is 6.07 Å². The molecule has 7 heteroatoms. The van der Waals surface area contributed by atoms with Gasteiger partial charge in [0.1, 0.15) is 35.8 Å². The van der Waals surface area contributed by atoms with Gasteiger partial charge in [-0.15, -0.1) is 0 Å². The number of aromatic nitrogens is 2. The number of methoxy groups -OCH3 is 1. The third kappa shape index (κ3) is 4.60. The molecular weight excluding hydrogens is 461 g/mol. The average molecular weight is 478 g/mol. The lowest BCUT2D eigenvalue weighted by Crippen LogP contribution is -1.98. The molecule has 31 heavy (non-hydrogen) atoms. The number of H-pyrrole nitrogens is 1. The van der Waals surface area contributed by atoms with Crippen LogP contribution >= 0.6 is 15.9 Å². The SMILES string of the molecule is COc1ccc2nc(/C(C#N)=C\c3ccc(OCc4ccccc4F)c(Br)c3)[nH]c2c1. The van der Waals surface area contributed by atoms with Crippen LogP contribution in [0.15, 0.2) is 65.1 Å². The van der Waals surface area contributed by atoms with E-state index in [1.54, 1.807) is 37.5 Å². The number of fused-ring (bicyclic) bond motifs is 1. The van der Waals surface area contributed by atoms with E-state index in [4.69, 9.17) is 9.47 Å². The molecule has 0 atom stereocenters. The molecule has 0 spiro atoms. The van der Waals surface area contributed by atoms with Gasteiger partial charge in [-0.05, 0) is 57.9 Å². The van der Waals surface area contributed by atoms with Crippen LogP contribution < -0.4 is 9.47 Å². The molecule has 5 nitrogen and oxygen atoms in total. The number of nitrogens with zero attached hydrogens (tertiary/aromatic N) is 2. The zero-order chi connectivity index (χ0) is 21.8. The lowest BCUT2D eigenvalue weighted by Gasteiger charge is -2.09. The second kappa shape index (κ2) is 9.02. The van der Waals surface area contributed by atoms with Crippen molar-refractivity contribution in [3.05, 3.63) is 87.9 Å². The largest absolute Gasteiger partial charge is 0.497 e. The zero-order valence-electron chi connectivity index (χ0n) is 16.5. The Kier molecular flexibility index (Phi) is 6.01. The topological polar surface area (TPSA) is 70.9 Å². The summed E-state index contributed by atoms with van der Waals surface area (Å²) in [6.45, 7) is 0.117. The molecule has 0 radical (unpaired) electrons. The van der Waals surface area contributed by atoms with Crippen LogP contribution in [0.4, 0.5) is 4.39 Å². The number of hydrogen-bond acceptors (Lipinski definition) is 4. The number of aromatic amines is 1. The van der Waals surface area contributed by atoms with Crippen molar-refractivity contribution in [2.75, 3.05) is 7.11 Å². The van der Waals surface area contributed by atoms with Gasteiger partial charge in [-0.25, -0.2) is 9.37 Å². The van der Waals surface area contributed by atoms with Crippen molar-refractivity contribution in [3.8, 4) is 17.6 Å². The van der Waals surface area contributed by atoms with Gasteiger partial charge in [0.2, 0.25) is 0 Å². The van der Waals surface area contributed by atoms with E-state index in [9.17, 15) is 9.65 Å². The molecule has 0 saturated heterocycles. The first kappa shape index (κ1) is 20.6. The molecule has 0 fully saturated rings. The van der Waals surface area contributed by atoms with E-state index in [-0.39, 0.29) is 12.4 Å². The first-order valence-corrected chi connectivity index (χ1v) is 10.2. The minimum absolute atomic E-state index is 0.117. The molecule has 1 aromatic heterocycles. The highest BCUT2D eigenvalue weighted by Gasteiger charge is 2.10. The monoisotopic (exact) mass is 477 g/mol. The van der Waals surface area contributed by atoms with Gasteiger partial charge in [0.15, 0.2) is 0 Å². The number of nitrogens with one attached hydrogen (secondary N) is 1. The smallest absolute Gasteiger partial charge is 0.149 e. The summed E-state index contributed by atoms with van der Waals surface area (Å²) in [6, 6.07) is 19.6. The van der Waals surface area contributed by atoms with Crippen molar-refractivity contribution in [2.24, 2.45) is 0 Å². The van der Waals surface area contributed by atoms with E-state index >= 15 is 0 Å². The van der Waals surface area contributed by atoms with Gasteiger partial charge in [-0.2, -0.15) is 5.26 Å². The van der Waals surface area contributed by atoms with Crippen LogP contribution in [0.1, 0.15) is 17.0 Å². The van der Waals surface area contributed by atoms with E-state index in [0.717, 1.165) is 16.6 Å². The number of rotatable bonds is 6. The molecule has 0 saturated carbocycles. The molecule has 1 N–H and O–H groups in total. The summed E-state index contributed by atoms with van der Waals surface area (Å²) in [5.74, 6) is 1.46. The highest BCUT2D eigenvalue weighted by Crippen LogP contribution is 2.29. The average Bonchev–Trinajstić information content (AvgIpc) is 3.21. The van der Waals surface area contributed by atoms with E-state index in [2.05, 4.69) is 32.0 Å². The summed E-state index contributed by atoms with van der Waals surface area (Å²) < 4.78 is 25.4. The fourth-order valence-corrected chi connectivity index (χ4v) is 3.57. The fourth-order valence-electron chi connectivity index (χ4n) is 3.06. The van der Waals surface area contributed by atoms with Crippen molar-refractivity contribution >= 4 is 38.6 Å². The van der Waals surface area contributed by atoms with Crippen LogP contribution in [0.5, 0.6) is 11.5 Å². The normalized spacial score (nSPS) is 11.4. The Labute approximate surface area is 186 Å². The summed E-state index contributed by atoms with van der Waals surface area (Å²) >= 11 is 3.48. The van der Waals surface area contributed by atoms with Crippen LogP contribution in [0.25, 0.3) is 22.7 Å². The third-order valence-electron chi connectivity index (χ3n) is 4.67. The lowest BCUT2D eigenvalue weighted by molar-refractivity contribution is 0.298. The first-order valence-electron chi connectivity index (χ1n) is 9.39. The Morgan fingerprint density at radius 2 is 2.03 bits per heavy atom. The summed E-state index contributed by atoms with van der Waals surface area (Å²) in [4.78, 5) is 7.65. The molecule has 0 aliphatic rings. The molecule has 0 aliphatic heterocycles. The molecule has 3 aromatic carbocycles. The number of ether oxygens (including phenoxy) is 2. The second-order valence-corrected chi connectivity index (χ2v) is 7.56. The van der Waals surface area contributed by atoms with E-state index < -0.39 is 0 Å². The van der Waals surface area contributed by atoms with Crippen molar-refractivity contribution in [1.82, 2.24) is 9.97 Å². The van der Waals surface area contributed by atoms with Crippen LogP contribution in [0.2, 0.25) is 0 Å². The second-order valence-electron chi connectivity index (χ2n) is 6.71. The Morgan fingerprint density at radius 3 is 2.77 bits per heavy atom. The zero-order valence-corrected chi connectivity index (χ0v) is 18.1. The number of nitriles is 1. The van der Waals surface area contributed by atoms with Crippen LogP contribution in [0, 0.1) is 17.1 Å². The number of imidazole rings is 1. The van der Waals surface area contributed by atoms with Crippen LogP contribution in [-0.2, 0) is 6.61 Å². The van der Waals surface area contributed by atoms with Gasteiger partial charge in [-0.1, -0.05) is 24.3 Å². The third-order valence-corrected chi connectivity index (χ3v) is 5.29. The molecule has 4 aromatic rings. The standard InChI is InChI=1S/C24H17BrFN3O2/c1-30-18-7-8-21-22(12-18)29-24(28-21)17(13-27)10-15-6-9-23(19(25)11-15)31-14-16-4-2-3-5-20(16)26/h2-12H,14H2,1H3,(H,28,29)/b17-10-. The predicted octanol–water partition coefficient (Wildman–Crippen LogP) is 6.12. The highest BCUT2D eigenvalue weighted by atomic mass is 79.9. The maximum absolute atomic E-state index is 13.8. The van der Waals surface area contributed by atoms with E-state index in [1.807, 2.05) is 30.3 Å². The fraction of sp³-hybridized carbons (Fsp3) is 0.0833. The van der Waals surface area contributed by atoms with Crippen molar-refractivity contribution < 1.29 is 13.9 Å².